The lowest BCUT2D eigenvalue weighted by molar-refractivity contribution is -0.274. The molecule has 0 spiro atoms. The predicted octanol–water partition coefficient (Wildman–Crippen LogP) is 7.09. The Labute approximate surface area is 224 Å². The number of rotatable bonds is 9. The summed E-state index contributed by atoms with van der Waals surface area (Å²) in [7, 11) is 0. The Morgan fingerprint density at radius 2 is 1.62 bits per heavy atom. The molecule has 0 aliphatic carbocycles. The number of aliphatic hydroxyl groups excluding tert-OH is 1. The van der Waals surface area contributed by atoms with Crippen molar-refractivity contribution in [1.82, 2.24) is 0 Å². The van der Waals surface area contributed by atoms with Crippen LogP contribution in [0.1, 0.15) is 48.9 Å². The first-order valence-electron chi connectivity index (χ1n) is 12.6. The molecule has 1 amide bonds. The zero-order valence-corrected chi connectivity index (χ0v) is 21.5. The molecule has 3 aromatic rings. The molecule has 1 unspecified atom stereocenters. The highest BCUT2D eigenvalue weighted by Crippen LogP contribution is 2.43. The molecule has 39 heavy (non-hydrogen) atoms. The molecule has 4 rings (SSSR count). The number of anilines is 1. The summed E-state index contributed by atoms with van der Waals surface area (Å²) in [6.07, 6.45) is -1.83. The Morgan fingerprint density at radius 3 is 2.23 bits per heavy atom. The van der Waals surface area contributed by atoms with Gasteiger partial charge >= 0.3 is 6.36 Å². The van der Waals surface area contributed by atoms with Crippen molar-refractivity contribution < 1.29 is 37.3 Å². The maximum Gasteiger partial charge on any atom is 0.573 e. The van der Waals surface area contributed by atoms with E-state index in [4.69, 9.17) is 4.74 Å². The van der Waals surface area contributed by atoms with E-state index in [1.165, 1.54) is 17.0 Å². The molecule has 1 atom stereocenters. The van der Waals surface area contributed by atoms with Crippen molar-refractivity contribution in [3.8, 4) is 11.5 Å². The minimum Gasteiger partial charge on any atom is -0.507 e. The first kappa shape index (κ1) is 27.8. The van der Waals surface area contributed by atoms with E-state index in [9.17, 15) is 27.9 Å². The van der Waals surface area contributed by atoms with Crippen LogP contribution in [0.25, 0.3) is 5.76 Å². The van der Waals surface area contributed by atoms with Gasteiger partial charge in [0.1, 0.15) is 17.3 Å². The Hall–Kier alpha value is -4.27. The van der Waals surface area contributed by atoms with Gasteiger partial charge in [-0.15, -0.1) is 13.2 Å². The van der Waals surface area contributed by atoms with Crippen LogP contribution in [-0.4, -0.2) is 29.8 Å². The third-order valence-corrected chi connectivity index (χ3v) is 6.30. The molecule has 1 fully saturated rings. The lowest BCUT2D eigenvalue weighted by Crippen LogP contribution is -2.29. The van der Waals surface area contributed by atoms with Gasteiger partial charge in [-0.2, -0.15) is 0 Å². The van der Waals surface area contributed by atoms with Gasteiger partial charge in [0.15, 0.2) is 0 Å². The number of amides is 1. The first-order chi connectivity index (χ1) is 18.6. The van der Waals surface area contributed by atoms with Crippen LogP contribution in [0.2, 0.25) is 0 Å². The van der Waals surface area contributed by atoms with Gasteiger partial charge in [-0.3, -0.25) is 14.5 Å². The summed E-state index contributed by atoms with van der Waals surface area (Å²) in [4.78, 5) is 27.7. The summed E-state index contributed by atoms with van der Waals surface area (Å²) >= 11 is 0. The Balaban J connectivity index is 1.73. The number of carbonyl (C=O) groups is 2. The number of hydrogen-bond donors (Lipinski definition) is 1. The molecule has 1 N–H and O–H groups in total. The molecule has 9 heteroatoms. The van der Waals surface area contributed by atoms with Crippen molar-refractivity contribution in [2.45, 2.75) is 45.5 Å². The molecular weight excluding hydrogens is 511 g/mol. The SMILES string of the molecule is CCCCCOc1ccc(/C(O)=C2/C(=O)C(=O)N(c3ccc(OC(F)(F)F)cc3)C2c2cccc(C)c2)cc1. The van der Waals surface area contributed by atoms with Gasteiger partial charge in [-0.25, -0.2) is 0 Å². The largest absolute Gasteiger partial charge is 0.573 e. The molecule has 0 saturated carbocycles. The van der Waals surface area contributed by atoms with Crippen LogP contribution in [0.15, 0.2) is 78.4 Å². The zero-order chi connectivity index (χ0) is 28.2. The van der Waals surface area contributed by atoms with Gasteiger partial charge in [0, 0.05) is 11.3 Å². The number of alkyl halides is 3. The van der Waals surface area contributed by atoms with Gasteiger partial charge in [-0.1, -0.05) is 49.6 Å². The maximum atomic E-state index is 13.3. The average Bonchev–Trinajstić information content (AvgIpc) is 3.16. The fourth-order valence-electron chi connectivity index (χ4n) is 4.47. The summed E-state index contributed by atoms with van der Waals surface area (Å²) in [5.41, 5.74) is 1.78. The number of aryl methyl sites for hydroxylation is 1. The molecule has 6 nitrogen and oxygen atoms in total. The van der Waals surface area contributed by atoms with Gasteiger partial charge in [0.25, 0.3) is 11.7 Å². The fourth-order valence-corrected chi connectivity index (χ4v) is 4.47. The second-order valence-electron chi connectivity index (χ2n) is 9.20. The third kappa shape index (κ3) is 6.42. The second kappa shape index (κ2) is 11.6. The Bertz CT molecular complexity index is 1360. The lowest BCUT2D eigenvalue weighted by Gasteiger charge is -2.26. The number of aliphatic hydroxyl groups is 1. The number of Topliss-reactive ketones (excluding diaryl/α,β-unsaturated/α-hetero) is 1. The van der Waals surface area contributed by atoms with E-state index in [1.54, 1.807) is 42.5 Å². The first-order valence-corrected chi connectivity index (χ1v) is 12.6. The van der Waals surface area contributed by atoms with Crippen LogP contribution in [-0.2, 0) is 9.59 Å². The summed E-state index contributed by atoms with van der Waals surface area (Å²) in [6.45, 7) is 4.51. The standard InChI is InChI=1S/C30H28F3NO5/c1-3-4-5-17-38-23-13-9-20(10-14-23)27(35)25-26(21-8-6-7-19(2)18-21)34(29(37)28(25)36)22-11-15-24(16-12-22)39-30(31,32)33/h6-16,18,26,35H,3-5,17H2,1-2H3/b27-25-. The van der Waals surface area contributed by atoms with Crippen LogP contribution < -0.4 is 14.4 Å². The molecule has 1 aliphatic rings. The average molecular weight is 540 g/mol. The van der Waals surface area contributed by atoms with Crippen LogP contribution in [0.5, 0.6) is 11.5 Å². The molecule has 204 valence electrons. The van der Waals surface area contributed by atoms with Crippen molar-refractivity contribution in [1.29, 1.82) is 0 Å². The van der Waals surface area contributed by atoms with E-state index in [0.29, 0.717) is 23.5 Å². The number of ketones is 1. The van der Waals surface area contributed by atoms with Crippen molar-refractivity contribution in [3.05, 3.63) is 95.1 Å². The molecule has 1 aliphatic heterocycles. The molecule has 3 aromatic carbocycles. The number of hydrogen-bond acceptors (Lipinski definition) is 5. The van der Waals surface area contributed by atoms with Crippen LogP contribution in [0.4, 0.5) is 18.9 Å². The zero-order valence-electron chi connectivity index (χ0n) is 21.5. The van der Waals surface area contributed by atoms with Crippen molar-refractivity contribution in [2.75, 3.05) is 11.5 Å². The van der Waals surface area contributed by atoms with Gasteiger partial charge in [0.05, 0.1) is 18.2 Å². The number of halogens is 3. The summed E-state index contributed by atoms with van der Waals surface area (Å²) in [6, 6.07) is 17.3. The Morgan fingerprint density at radius 1 is 0.949 bits per heavy atom. The lowest BCUT2D eigenvalue weighted by atomic mass is 9.94. The monoisotopic (exact) mass is 539 g/mol. The topological polar surface area (TPSA) is 76.1 Å². The number of nitrogens with zero attached hydrogens (tertiary/aromatic N) is 1. The number of ether oxygens (including phenoxy) is 2. The molecule has 0 radical (unpaired) electrons. The fraction of sp³-hybridized carbons (Fsp3) is 0.267. The van der Waals surface area contributed by atoms with Gasteiger partial charge in [-0.05, 0) is 67.4 Å². The smallest absolute Gasteiger partial charge is 0.507 e. The minimum atomic E-state index is -4.87. The van der Waals surface area contributed by atoms with Crippen molar-refractivity contribution in [3.63, 3.8) is 0 Å². The normalized spacial score (nSPS) is 16.9. The molecular formula is C30H28F3NO5. The van der Waals surface area contributed by atoms with E-state index in [1.807, 2.05) is 13.0 Å². The Kier molecular flexibility index (Phi) is 8.28. The van der Waals surface area contributed by atoms with Crippen LogP contribution in [0.3, 0.4) is 0 Å². The highest BCUT2D eigenvalue weighted by Gasteiger charge is 2.47. The summed E-state index contributed by atoms with van der Waals surface area (Å²) < 4.78 is 47.5. The second-order valence-corrected chi connectivity index (χ2v) is 9.20. The minimum absolute atomic E-state index is 0.127. The molecule has 1 saturated heterocycles. The predicted molar refractivity (Wildman–Crippen MR) is 141 cm³/mol. The van der Waals surface area contributed by atoms with E-state index in [0.717, 1.165) is 37.0 Å². The number of unbranched alkanes of at least 4 members (excludes halogenated alkanes) is 2. The number of benzene rings is 3. The van der Waals surface area contributed by atoms with Crippen molar-refractivity contribution >= 4 is 23.1 Å². The highest BCUT2D eigenvalue weighted by atomic mass is 19.4. The van der Waals surface area contributed by atoms with E-state index in [2.05, 4.69) is 11.7 Å². The molecule has 1 heterocycles. The van der Waals surface area contributed by atoms with Crippen LogP contribution >= 0.6 is 0 Å². The summed E-state index contributed by atoms with van der Waals surface area (Å²) in [5.74, 6) is -2.04. The molecule has 0 bridgehead atoms. The highest BCUT2D eigenvalue weighted by molar-refractivity contribution is 6.51. The van der Waals surface area contributed by atoms with Gasteiger partial charge in [0.2, 0.25) is 0 Å². The maximum absolute atomic E-state index is 13.3. The van der Waals surface area contributed by atoms with Gasteiger partial charge < -0.3 is 14.6 Å². The quantitative estimate of drug-likeness (QED) is 0.136. The summed E-state index contributed by atoms with van der Waals surface area (Å²) in [5, 5.41) is 11.3. The van der Waals surface area contributed by atoms with E-state index < -0.39 is 29.8 Å². The van der Waals surface area contributed by atoms with Crippen LogP contribution in [0, 0.1) is 6.92 Å². The number of carbonyl (C=O) groups excluding carboxylic acids is 2. The van der Waals surface area contributed by atoms with Crippen molar-refractivity contribution in [2.24, 2.45) is 0 Å². The third-order valence-electron chi connectivity index (χ3n) is 6.30. The van der Waals surface area contributed by atoms with E-state index in [-0.39, 0.29) is 17.0 Å². The molecule has 0 aromatic heterocycles. The van der Waals surface area contributed by atoms with E-state index >= 15 is 0 Å².